The maximum atomic E-state index is 12.5. The number of hydrogen-bond donors (Lipinski definition) is 1. The second-order valence-electron chi connectivity index (χ2n) is 1.69. The lowest BCUT2D eigenvalue weighted by Gasteiger charge is -1.98. The Kier molecular flexibility index (Phi) is 2.16. The molecule has 0 aromatic heterocycles. The molecule has 0 atom stereocenters. The first-order valence-corrected chi connectivity index (χ1v) is 3.62. The third kappa shape index (κ3) is 1.25. The van der Waals surface area contributed by atoms with Gasteiger partial charge in [0, 0.05) is 0 Å². The molecule has 0 saturated carbocycles. The molecule has 10 heavy (non-hydrogen) atoms. The third-order valence-electron chi connectivity index (χ3n) is 1.01. The molecule has 1 nitrogen and oxygen atoms in total. The first kappa shape index (κ1) is 7.82. The van der Waals surface area contributed by atoms with E-state index in [0.29, 0.717) is 0 Å². The first-order chi connectivity index (χ1) is 4.63. The molecule has 0 saturated heterocycles. The van der Waals surface area contributed by atoms with Crippen LogP contribution in [0.1, 0.15) is 0 Å². The molecule has 0 spiro atoms. The summed E-state index contributed by atoms with van der Waals surface area (Å²) in [6.07, 6.45) is 0. The van der Waals surface area contributed by atoms with Gasteiger partial charge in [0.05, 0.1) is 9.50 Å². The number of benzene rings is 1. The first-order valence-electron chi connectivity index (χ1n) is 2.45. The van der Waals surface area contributed by atoms with Gasteiger partial charge in [-0.15, -0.1) is 0 Å². The molecular formula is C6H3BrClFO. The van der Waals surface area contributed by atoms with E-state index in [1.165, 1.54) is 6.07 Å². The SMILES string of the molecule is Oc1ccc(F)c(Cl)c1Br. The summed E-state index contributed by atoms with van der Waals surface area (Å²) in [6.45, 7) is 0. The smallest absolute Gasteiger partial charge is 0.143 e. The van der Waals surface area contributed by atoms with Crippen LogP contribution in [0.2, 0.25) is 5.02 Å². The largest absolute Gasteiger partial charge is 0.507 e. The Morgan fingerprint density at radius 3 is 2.60 bits per heavy atom. The molecule has 0 aliphatic rings. The highest BCUT2D eigenvalue weighted by atomic mass is 79.9. The highest BCUT2D eigenvalue weighted by Gasteiger charge is 2.06. The Hall–Kier alpha value is -0.280. The predicted molar refractivity (Wildman–Crippen MR) is 40.8 cm³/mol. The molecule has 54 valence electrons. The number of phenolic OH excluding ortho intramolecular Hbond substituents is 1. The molecule has 1 aromatic rings. The van der Waals surface area contributed by atoms with Crippen molar-refractivity contribution in [2.45, 2.75) is 0 Å². The van der Waals surface area contributed by atoms with E-state index < -0.39 is 5.82 Å². The predicted octanol–water partition coefficient (Wildman–Crippen LogP) is 2.95. The molecule has 0 aliphatic heterocycles. The molecule has 0 fully saturated rings. The van der Waals surface area contributed by atoms with E-state index in [9.17, 15) is 4.39 Å². The van der Waals surface area contributed by atoms with Crippen LogP contribution in [0.4, 0.5) is 4.39 Å². The molecule has 4 heteroatoms. The fourth-order valence-electron chi connectivity index (χ4n) is 0.516. The zero-order valence-corrected chi connectivity index (χ0v) is 7.08. The van der Waals surface area contributed by atoms with Crippen LogP contribution >= 0.6 is 27.5 Å². The van der Waals surface area contributed by atoms with Crippen LogP contribution in [0.15, 0.2) is 16.6 Å². The van der Waals surface area contributed by atoms with Crippen molar-refractivity contribution in [1.82, 2.24) is 0 Å². The minimum atomic E-state index is -0.550. The van der Waals surface area contributed by atoms with Crippen molar-refractivity contribution in [2.75, 3.05) is 0 Å². The van der Waals surface area contributed by atoms with Gasteiger partial charge in [-0.2, -0.15) is 0 Å². The van der Waals surface area contributed by atoms with Crippen LogP contribution in [-0.4, -0.2) is 5.11 Å². The van der Waals surface area contributed by atoms with Gasteiger partial charge in [-0.05, 0) is 28.1 Å². The van der Waals surface area contributed by atoms with Crippen molar-refractivity contribution >= 4 is 27.5 Å². The van der Waals surface area contributed by atoms with Crippen molar-refractivity contribution in [1.29, 1.82) is 0 Å². The molecule has 0 unspecified atom stereocenters. The van der Waals surface area contributed by atoms with Gasteiger partial charge in [0.1, 0.15) is 11.6 Å². The summed E-state index contributed by atoms with van der Waals surface area (Å²) in [5, 5.41) is 8.83. The Morgan fingerprint density at radius 2 is 2.10 bits per heavy atom. The summed E-state index contributed by atoms with van der Waals surface area (Å²) < 4.78 is 12.7. The minimum Gasteiger partial charge on any atom is -0.507 e. The van der Waals surface area contributed by atoms with E-state index in [-0.39, 0.29) is 15.2 Å². The minimum absolute atomic E-state index is 0.0635. The van der Waals surface area contributed by atoms with Crippen LogP contribution < -0.4 is 0 Å². The Balaban J connectivity index is 3.34. The molecule has 1 aromatic carbocycles. The quantitative estimate of drug-likeness (QED) is 0.673. The molecule has 0 bridgehead atoms. The van der Waals surface area contributed by atoms with Gasteiger partial charge < -0.3 is 5.11 Å². The van der Waals surface area contributed by atoms with E-state index >= 15 is 0 Å². The van der Waals surface area contributed by atoms with Crippen LogP contribution in [0.3, 0.4) is 0 Å². The zero-order chi connectivity index (χ0) is 7.72. The van der Waals surface area contributed by atoms with Gasteiger partial charge in [-0.3, -0.25) is 0 Å². The number of halogens is 3. The average molecular weight is 225 g/mol. The topological polar surface area (TPSA) is 20.2 Å². The van der Waals surface area contributed by atoms with Crippen molar-refractivity contribution in [3.05, 3.63) is 27.4 Å². The van der Waals surface area contributed by atoms with Crippen LogP contribution in [0.25, 0.3) is 0 Å². The van der Waals surface area contributed by atoms with Crippen LogP contribution in [0.5, 0.6) is 5.75 Å². The summed E-state index contributed by atoms with van der Waals surface area (Å²) in [7, 11) is 0. The zero-order valence-electron chi connectivity index (χ0n) is 4.74. The maximum absolute atomic E-state index is 12.5. The summed E-state index contributed by atoms with van der Waals surface area (Å²) in [5.74, 6) is -0.613. The van der Waals surface area contributed by atoms with Gasteiger partial charge in [0.2, 0.25) is 0 Å². The maximum Gasteiger partial charge on any atom is 0.143 e. The summed E-state index contributed by atoms with van der Waals surface area (Å²) in [5.41, 5.74) is 0. The standard InChI is InChI=1S/C6H3BrClFO/c7-5-4(10)2-1-3(9)6(5)8/h1-2,10H. The fraction of sp³-hybridized carbons (Fsp3) is 0. The normalized spacial score (nSPS) is 9.90. The van der Waals surface area contributed by atoms with Gasteiger partial charge in [-0.25, -0.2) is 4.39 Å². The summed E-state index contributed by atoms with van der Waals surface area (Å²) in [6, 6.07) is 2.33. The van der Waals surface area contributed by atoms with Gasteiger partial charge >= 0.3 is 0 Å². The average Bonchev–Trinajstić information content (AvgIpc) is 1.93. The van der Waals surface area contributed by atoms with Gasteiger partial charge in [0.15, 0.2) is 0 Å². The lowest BCUT2D eigenvalue weighted by atomic mass is 10.3. The molecule has 0 radical (unpaired) electrons. The fourth-order valence-corrected chi connectivity index (χ4v) is 0.997. The van der Waals surface area contributed by atoms with Gasteiger partial charge in [0.25, 0.3) is 0 Å². The Morgan fingerprint density at radius 1 is 1.50 bits per heavy atom. The van der Waals surface area contributed by atoms with Crippen LogP contribution in [0, 0.1) is 5.82 Å². The van der Waals surface area contributed by atoms with Crippen molar-refractivity contribution in [3.8, 4) is 5.75 Å². The number of aromatic hydroxyl groups is 1. The third-order valence-corrected chi connectivity index (χ3v) is 2.42. The second kappa shape index (κ2) is 2.76. The van der Waals surface area contributed by atoms with Crippen LogP contribution in [-0.2, 0) is 0 Å². The van der Waals surface area contributed by atoms with Crippen molar-refractivity contribution in [3.63, 3.8) is 0 Å². The summed E-state index contributed by atoms with van der Waals surface area (Å²) in [4.78, 5) is 0. The highest BCUT2D eigenvalue weighted by Crippen LogP contribution is 2.32. The van der Waals surface area contributed by atoms with E-state index in [0.717, 1.165) is 6.07 Å². The van der Waals surface area contributed by atoms with E-state index in [4.69, 9.17) is 16.7 Å². The Bertz CT molecular complexity index is 237. The number of phenols is 1. The molecular weight excluding hydrogens is 222 g/mol. The van der Waals surface area contributed by atoms with E-state index in [1.54, 1.807) is 0 Å². The van der Waals surface area contributed by atoms with E-state index in [1.807, 2.05) is 0 Å². The molecule has 0 heterocycles. The van der Waals surface area contributed by atoms with Crippen molar-refractivity contribution in [2.24, 2.45) is 0 Å². The second-order valence-corrected chi connectivity index (χ2v) is 2.87. The number of rotatable bonds is 0. The lowest BCUT2D eigenvalue weighted by Crippen LogP contribution is -1.77. The molecule has 0 aliphatic carbocycles. The molecule has 0 amide bonds. The van der Waals surface area contributed by atoms with Crippen molar-refractivity contribution < 1.29 is 9.50 Å². The lowest BCUT2D eigenvalue weighted by molar-refractivity contribution is 0.469. The molecule has 1 N–H and O–H groups in total. The molecule has 1 rings (SSSR count). The number of hydrogen-bond acceptors (Lipinski definition) is 1. The highest BCUT2D eigenvalue weighted by molar-refractivity contribution is 9.10. The Labute approximate surface area is 70.6 Å². The summed E-state index contributed by atoms with van der Waals surface area (Å²) >= 11 is 8.31. The van der Waals surface area contributed by atoms with Gasteiger partial charge in [-0.1, -0.05) is 11.6 Å². The monoisotopic (exact) mass is 224 g/mol. The van der Waals surface area contributed by atoms with E-state index in [2.05, 4.69) is 15.9 Å².